The fourth-order valence-electron chi connectivity index (χ4n) is 1.71. The molecule has 4 heteroatoms. The van der Waals surface area contributed by atoms with Crippen molar-refractivity contribution >= 4 is 17.6 Å². The summed E-state index contributed by atoms with van der Waals surface area (Å²) in [7, 11) is 0. The number of carbonyl (C=O) groups excluding carboxylic acids is 1. The van der Waals surface area contributed by atoms with Crippen LogP contribution in [0.15, 0.2) is 24.3 Å². The van der Waals surface area contributed by atoms with Gasteiger partial charge < -0.3 is 9.84 Å². The first kappa shape index (κ1) is 10.5. The third kappa shape index (κ3) is 1.52. The van der Waals surface area contributed by atoms with Gasteiger partial charge in [-0.1, -0.05) is 23.7 Å². The summed E-state index contributed by atoms with van der Waals surface area (Å²) in [5.41, 5.74) is -0.244. The predicted molar refractivity (Wildman–Crippen MR) is 55.8 cm³/mol. The second kappa shape index (κ2) is 3.51. The third-order valence-corrected chi connectivity index (χ3v) is 3.16. The fourth-order valence-corrected chi connectivity index (χ4v) is 1.84. The van der Waals surface area contributed by atoms with Crippen LogP contribution in [0, 0.1) is 0 Å². The van der Waals surface area contributed by atoms with Crippen molar-refractivity contribution in [3.63, 3.8) is 0 Å². The number of carbonyl (C=O) groups is 1. The lowest BCUT2D eigenvalue weighted by atomic mass is 9.79. The van der Waals surface area contributed by atoms with Crippen molar-refractivity contribution in [1.29, 1.82) is 0 Å². The van der Waals surface area contributed by atoms with Crippen molar-refractivity contribution in [3.8, 4) is 0 Å². The minimum absolute atomic E-state index is 0.0535. The molecule has 1 heterocycles. The van der Waals surface area contributed by atoms with E-state index in [9.17, 15) is 9.90 Å². The number of hydrogen-bond acceptors (Lipinski definition) is 3. The van der Waals surface area contributed by atoms with E-state index >= 15 is 0 Å². The van der Waals surface area contributed by atoms with Crippen molar-refractivity contribution in [2.75, 3.05) is 6.61 Å². The monoisotopic (exact) mass is 226 g/mol. The fraction of sp³-hybridized carbons (Fsp3) is 0.364. The molecule has 80 valence electrons. The molecule has 0 aromatic heterocycles. The average molecular weight is 227 g/mol. The summed E-state index contributed by atoms with van der Waals surface area (Å²) in [5, 5.41) is 10.4. The Balaban J connectivity index is 2.44. The first-order chi connectivity index (χ1) is 7.05. The molecule has 3 nitrogen and oxygen atoms in total. The van der Waals surface area contributed by atoms with Crippen LogP contribution >= 0.6 is 11.6 Å². The van der Waals surface area contributed by atoms with E-state index in [1.165, 1.54) is 0 Å². The van der Waals surface area contributed by atoms with E-state index in [0.29, 0.717) is 5.02 Å². The van der Waals surface area contributed by atoms with Gasteiger partial charge in [0.05, 0.1) is 0 Å². The highest BCUT2D eigenvalue weighted by atomic mass is 35.5. The van der Waals surface area contributed by atoms with Gasteiger partial charge in [0.2, 0.25) is 0 Å². The van der Waals surface area contributed by atoms with E-state index in [-0.39, 0.29) is 6.61 Å². The Morgan fingerprint density at radius 2 is 2.07 bits per heavy atom. The van der Waals surface area contributed by atoms with Gasteiger partial charge in [-0.3, -0.25) is 4.79 Å². The first-order valence-corrected chi connectivity index (χ1v) is 5.04. The number of aliphatic hydroxyl groups excluding tert-OH is 1. The van der Waals surface area contributed by atoms with Crippen molar-refractivity contribution in [1.82, 2.24) is 0 Å². The van der Waals surface area contributed by atoms with Gasteiger partial charge in [0, 0.05) is 5.02 Å². The number of halogens is 1. The molecular formula is C11H11ClO3. The van der Waals surface area contributed by atoms with Crippen LogP contribution in [0.5, 0.6) is 0 Å². The molecule has 0 aliphatic carbocycles. The average Bonchev–Trinajstić information content (AvgIpc) is 2.48. The predicted octanol–water partition coefficient (Wildman–Crippen LogP) is 1.52. The highest BCUT2D eigenvalue weighted by Crippen LogP contribution is 2.34. The molecule has 0 spiro atoms. The SMILES string of the molecule is C[C@]1(c2ccc(Cl)cc2)C(=O)OCC1O. The molecule has 2 atom stereocenters. The van der Waals surface area contributed by atoms with Crippen molar-refractivity contribution in [3.05, 3.63) is 34.9 Å². The van der Waals surface area contributed by atoms with Crippen molar-refractivity contribution < 1.29 is 14.6 Å². The van der Waals surface area contributed by atoms with Crippen LogP contribution in [0.4, 0.5) is 0 Å². The van der Waals surface area contributed by atoms with Crippen LogP contribution in [0.2, 0.25) is 5.02 Å². The van der Waals surface area contributed by atoms with E-state index in [2.05, 4.69) is 0 Å². The van der Waals surface area contributed by atoms with Crippen LogP contribution in [0.3, 0.4) is 0 Å². The second-order valence-electron chi connectivity index (χ2n) is 3.82. The summed E-state index contributed by atoms with van der Waals surface area (Å²) >= 11 is 5.76. The van der Waals surface area contributed by atoms with Gasteiger partial charge in [0.15, 0.2) is 0 Å². The first-order valence-electron chi connectivity index (χ1n) is 4.66. The molecule has 1 aliphatic heterocycles. The zero-order chi connectivity index (χ0) is 11.1. The summed E-state index contributed by atoms with van der Waals surface area (Å²) in [4.78, 5) is 11.6. The number of rotatable bonds is 1. The molecule has 0 radical (unpaired) electrons. The highest BCUT2D eigenvalue weighted by molar-refractivity contribution is 6.30. The molecule has 15 heavy (non-hydrogen) atoms. The Labute approximate surface area is 92.6 Å². The molecule has 1 aliphatic rings. The Morgan fingerprint density at radius 3 is 2.53 bits per heavy atom. The molecule has 1 unspecified atom stereocenters. The summed E-state index contributed by atoms with van der Waals surface area (Å²) in [6, 6.07) is 6.86. The molecule has 1 aromatic carbocycles. The maximum Gasteiger partial charge on any atom is 0.319 e. The topological polar surface area (TPSA) is 46.5 Å². The number of esters is 1. The van der Waals surface area contributed by atoms with Gasteiger partial charge in [0.25, 0.3) is 0 Å². The number of cyclic esters (lactones) is 1. The largest absolute Gasteiger partial charge is 0.462 e. The molecule has 1 saturated heterocycles. The maximum atomic E-state index is 11.6. The van der Waals surface area contributed by atoms with Crippen LogP contribution in [-0.4, -0.2) is 23.8 Å². The lowest BCUT2D eigenvalue weighted by Crippen LogP contribution is -2.38. The van der Waals surface area contributed by atoms with E-state index in [1.54, 1.807) is 31.2 Å². The second-order valence-corrected chi connectivity index (χ2v) is 4.26. The highest BCUT2D eigenvalue weighted by Gasteiger charge is 2.49. The van der Waals surface area contributed by atoms with Crippen molar-refractivity contribution in [2.45, 2.75) is 18.4 Å². The Morgan fingerprint density at radius 1 is 1.47 bits per heavy atom. The summed E-state index contributed by atoms with van der Waals surface area (Å²) in [6.07, 6.45) is -0.800. The van der Waals surface area contributed by atoms with E-state index in [0.717, 1.165) is 5.56 Å². The molecule has 1 N–H and O–H groups in total. The zero-order valence-electron chi connectivity index (χ0n) is 8.24. The Kier molecular flexibility index (Phi) is 2.44. The van der Waals surface area contributed by atoms with E-state index in [1.807, 2.05) is 0 Å². The summed E-state index contributed by atoms with van der Waals surface area (Å²) in [5.74, 6) is -0.391. The van der Waals surface area contributed by atoms with Crippen LogP contribution in [0.25, 0.3) is 0 Å². The van der Waals surface area contributed by atoms with Crippen molar-refractivity contribution in [2.24, 2.45) is 0 Å². The number of ether oxygens (including phenoxy) is 1. The van der Waals surface area contributed by atoms with Crippen LogP contribution in [0.1, 0.15) is 12.5 Å². The van der Waals surface area contributed by atoms with E-state index < -0.39 is 17.5 Å². The Hall–Kier alpha value is -1.06. The summed E-state index contributed by atoms with van der Waals surface area (Å²) in [6.45, 7) is 1.73. The molecular weight excluding hydrogens is 216 g/mol. The smallest absolute Gasteiger partial charge is 0.319 e. The number of aliphatic hydroxyl groups is 1. The number of hydrogen-bond donors (Lipinski definition) is 1. The van der Waals surface area contributed by atoms with Gasteiger partial charge in [-0.15, -0.1) is 0 Å². The minimum atomic E-state index is -0.968. The molecule has 2 rings (SSSR count). The lowest BCUT2D eigenvalue weighted by Gasteiger charge is -2.23. The molecule has 0 amide bonds. The Bertz CT molecular complexity index is 387. The maximum absolute atomic E-state index is 11.6. The quantitative estimate of drug-likeness (QED) is 0.739. The van der Waals surface area contributed by atoms with Gasteiger partial charge in [-0.2, -0.15) is 0 Å². The van der Waals surface area contributed by atoms with Gasteiger partial charge in [0.1, 0.15) is 18.1 Å². The third-order valence-electron chi connectivity index (χ3n) is 2.91. The normalized spacial score (nSPS) is 30.3. The summed E-state index contributed by atoms with van der Waals surface area (Å²) < 4.78 is 4.84. The van der Waals surface area contributed by atoms with Gasteiger partial charge in [-0.25, -0.2) is 0 Å². The molecule has 1 fully saturated rings. The lowest BCUT2D eigenvalue weighted by molar-refractivity contribution is -0.142. The van der Waals surface area contributed by atoms with Crippen LogP contribution < -0.4 is 0 Å². The van der Waals surface area contributed by atoms with E-state index in [4.69, 9.17) is 16.3 Å². The molecule has 0 saturated carbocycles. The standard InChI is InChI=1S/C11H11ClO3/c1-11(9(13)6-15-10(11)14)7-2-4-8(12)5-3-7/h2-5,9,13H,6H2,1H3/t9?,11-/m1/s1. The van der Waals surface area contributed by atoms with Crippen LogP contribution in [-0.2, 0) is 14.9 Å². The molecule has 0 bridgehead atoms. The minimum Gasteiger partial charge on any atom is -0.462 e. The molecule has 1 aromatic rings. The number of benzene rings is 1. The van der Waals surface area contributed by atoms with Gasteiger partial charge in [-0.05, 0) is 24.6 Å². The van der Waals surface area contributed by atoms with Gasteiger partial charge >= 0.3 is 5.97 Å². The zero-order valence-corrected chi connectivity index (χ0v) is 8.99.